The number of benzene rings is 1. The predicted molar refractivity (Wildman–Crippen MR) is 52.2 cm³/mol. The molecule has 1 atom stereocenters. The third kappa shape index (κ3) is 4.19. The Balaban J connectivity index is 2.54. The van der Waals surface area contributed by atoms with E-state index in [1.807, 2.05) is 0 Å². The Morgan fingerprint density at radius 2 is 2.07 bits per heavy atom. The lowest BCUT2D eigenvalue weighted by Gasteiger charge is -2.08. The second-order valence-corrected chi connectivity index (χ2v) is 2.72. The first-order valence-electron chi connectivity index (χ1n) is 4.10. The van der Waals surface area contributed by atoms with Crippen LogP contribution < -0.4 is 5.32 Å². The van der Waals surface area contributed by atoms with Crippen molar-refractivity contribution in [2.24, 2.45) is 0 Å². The molecular weight excluding hydrogens is 203 g/mol. The molecule has 0 amide bonds. The van der Waals surface area contributed by atoms with Gasteiger partial charge < -0.3 is 10.4 Å². The van der Waals surface area contributed by atoms with Crippen LogP contribution >= 0.6 is 0 Å². The Morgan fingerprint density at radius 1 is 1.47 bits per heavy atom. The van der Waals surface area contributed by atoms with Crippen LogP contribution in [0.5, 0.6) is 0 Å². The molecule has 1 aromatic rings. The molecule has 0 spiro atoms. The smallest absolute Gasteiger partial charge is 0.234 e. The lowest BCUT2D eigenvalue weighted by Crippen LogP contribution is -2.15. The monoisotopic (exact) mass is 212 g/mol. The highest BCUT2D eigenvalue weighted by molar-refractivity contribution is 5.43. The summed E-state index contributed by atoms with van der Waals surface area (Å²) in [7, 11) is 0. The van der Waals surface area contributed by atoms with Crippen molar-refractivity contribution in [3.05, 3.63) is 52.5 Å². The van der Waals surface area contributed by atoms with Crippen molar-refractivity contribution in [3.8, 4) is 0 Å². The van der Waals surface area contributed by atoms with E-state index < -0.39 is 17.0 Å². The minimum atomic E-state index is -1.18. The summed E-state index contributed by atoms with van der Waals surface area (Å²) in [5.41, 5.74) is 0.469. The van der Waals surface area contributed by atoms with Gasteiger partial charge in [0.15, 0.2) is 0 Å². The highest BCUT2D eigenvalue weighted by Gasteiger charge is 2.00. The largest absolute Gasteiger partial charge is 0.370 e. The molecule has 15 heavy (non-hydrogen) atoms. The third-order valence-electron chi connectivity index (χ3n) is 1.55. The van der Waals surface area contributed by atoms with Crippen molar-refractivity contribution in [2.75, 3.05) is 5.32 Å². The second-order valence-electron chi connectivity index (χ2n) is 2.72. The van der Waals surface area contributed by atoms with Crippen molar-refractivity contribution >= 4 is 5.69 Å². The van der Waals surface area contributed by atoms with Gasteiger partial charge in [-0.3, -0.25) is 10.1 Å². The summed E-state index contributed by atoms with van der Waals surface area (Å²) in [6.45, 7) is 0. The molecule has 0 fully saturated rings. The molecule has 6 heteroatoms. The Morgan fingerprint density at radius 3 is 2.60 bits per heavy atom. The van der Waals surface area contributed by atoms with Gasteiger partial charge in [0, 0.05) is 11.8 Å². The maximum Gasteiger partial charge on any atom is 0.234 e. The maximum absolute atomic E-state index is 12.5. The van der Waals surface area contributed by atoms with E-state index in [0.717, 1.165) is 6.08 Å². The van der Waals surface area contributed by atoms with E-state index in [1.54, 1.807) is 0 Å². The molecule has 80 valence electrons. The molecule has 0 aliphatic rings. The van der Waals surface area contributed by atoms with Gasteiger partial charge >= 0.3 is 0 Å². The zero-order chi connectivity index (χ0) is 11.3. The number of nitro groups is 1. The van der Waals surface area contributed by atoms with E-state index in [2.05, 4.69) is 5.32 Å². The number of nitrogens with zero attached hydrogens (tertiary/aromatic N) is 1. The number of rotatable bonds is 4. The molecule has 1 aromatic carbocycles. The van der Waals surface area contributed by atoms with Crippen LogP contribution in [-0.4, -0.2) is 16.3 Å². The van der Waals surface area contributed by atoms with Gasteiger partial charge in [-0.2, -0.15) is 0 Å². The van der Waals surface area contributed by atoms with Crippen molar-refractivity contribution < 1.29 is 14.4 Å². The van der Waals surface area contributed by atoms with E-state index in [1.165, 1.54) is 24.3 Å². The zero-order valence-electron chi connectivity index (χ0n) is 7.63. The van der Waals surface area contributed by atoms with Gasteiger partial charge in [0.25, 0.3) is 0 Å². The van der Waals surface area contributed by atoms with Crippen LogP contribution in [0, 0.1) is 15.9 Å². The SMILES string of the molecule is O=[N+]([O-])C=CC(O)Nc1ccc(F)cc1. The summed E-state index contributed by atoms with van der Waals surface area (Å²) in [5, 5.41) is 21.7. The van der Waals surface area contributed by atoms with Crippen LogP contribution in [0.1, 0.15) is 0 Å². The summed E-state index contributed by atoms with van der Waals surface area (Å²) in [4.78, 5) is 9.25. The van der Waals surface area contributed by atoms with Crippen LogP contribution in [0.15, 0.2) is 36.5 Å². The predicted octanol–water partition coefficient (Wildman–Crippen LogP) is 1.35. The highest BCUT2D eigenvalue weighted by Crippen LogP contribution is 2.09. The number of halogens is 1. The second kappa shape index (κ2) is 5.06. The van der Waals surface area contributed by atoms with Gasteiger partial charge in [-0.15, -0.1) is 0 Å². The molecule has 0 radical (unpaired) electrons. The van der Waals surface area contributed by atoms with Gasteiger partial charge in [-0.1, -0.05) is 0 Å². The van der Waals surface area contributed by atoms with E-state index in [-0.39, 0.29) is 0 Å². The molecule has 1 unspecified atom stereocenters. The highest BCUT2D eigenvalue weighted by atomic mass is 19.1. The molecule has 0 saturated carbocycles. The fraction of sp³-hybridized carbons (Fsp3) is 0.111. The van der Waals surface area contributed by atoms with Gasteiger partial charge in [-0.05, 0) is 24.3 Å². The fourth-order valence-corrected chi connectivity index (χ4v) is 0.917. The first-order valence-corrected chi connectivity index (χ1v) is 4.10. The van der Waals surface area contributed by atoms with E-state index in [0.29, 0.717) is 11.9 Å². The number of aliphatic hydroxyl groups is 1. The molecule has 0 aliphatic heterocycles. The minimum absolute atomic E-state index is 0.393. The quantitative estimate of drug-likeness (QED) is 0.448. The number of nitrogens with one attached hydrogen (secondary N) is 1. The standard InChI is InChI=1S/C9H9FN2O3/c10-7-1-3-8(4-2-7)11-9(13)5-6-12(14)15/h1-6,9,11,13H. The van der Waals surface area contributed by atoms with Crippen molar-refractivity contribution in [2.45, 2.75) is 6.23 Å². The van der Waals surface area contributed by atoms with E-state index in [9.17, 15) is 19.6 Å². The Hall–Kier alpha value is -1.95. The minimum Gasteiger partial charge on any atom is -0.370 e. The molecule has 0 heterocycles. The molecule has 2 N–H and O–H groups in total. The molecule has 0 bridgehead atoms. The van der Waals surface area contributed by atoms with Crippen LogP contribution in [0.3, 0.4) is 0 Å². The molecule has 5 nitrogen and oxygen atoms in total. The maximum atomic E-state index is 12.5. The zero-order valence-corrected chi connectivity index (χ0v) is 7.63. The van der Waals surface area contributed by atoms with Gasteiger partial charge in [0.2, 0.25) is 6.20 Å². The fourth-order valence-electron chi connectivity index (χ4n) is 0.917. The molecule has 0 aromatic heterocycles. The van der Waals surface area contributed by atoms with Crippen LogP contribution in [0.2, 0.25) is 0 Å². The average Bonchev–Trinajstić information content (AvgIpc) is 2.19. The van der Waals surface area contributed by atoms with Crippen LogP contribution in [0.25, 0.3) is 0 Å². The Kier molecular flexibility index (Phi) is 3.75. The van der Waals surface area contributed by atoms with Crippen molar-refractivity contribution in [1.82, 2.24) is 0 Å². The summed E-state index contributed by atoms with van der Waals surface area (Å²) in [6, 6.07) is 5.26. The summed E-state index contributed by atoms with van der Waals surface area (Å²) < 4.78 is 12.5. The Bertz CT molecular complexity index is 364. The first-order chi connectivity index (χ1) is 7.08. The Labute approximate surface area is 85.0 Å². The average molecular weight is 212 g/mol. The lowest BCUT2D eigenvalue weighted by atomic mass is 10.3. The number of aliphatic hydroxyl groups excluding tert-OH is 1. The van der Waals surface area contributed by atoms with E-state index >= 15 is 0 Å². The van der Waals surface area contributed by atoms with Crippen LogP contribution in [-0.2, 0) is 0 Å². The van der Waals surface area contributed by atoms with E-state index in [4.69, 9.17) is 0 Å². The summed E-state index contributed by atoms with van der Waals surface area (Å²) >= 11 is 0. The molecular formula is C9H9FN2O3. The lowest BCUT2D eigenvalue weighted by molar-refractivity contribution is -0.402. The van der Waals surface area contributed by atoms with Crippen molar-refractivity contribution in [3.63, 3.8) is 0 Å². The number of anilines is 1. The number of hydrogen-bond acceptors (Lipinski definition) is 4. The van der Waals surface area contributed by atoms with Crippen LogP contribution in [0.4, 0.5) is 10.1 Å². The molecule has 1 rings (SSSR count). The molecule has 0 aliphatic carbocycles. The van der Waals surface area contributed by atoms with Gasteiger partial charge in [-0.25, -0.2) is 4.39 Å². The third-order valence-corrected chi connectivity index (χ3v) is 1.55. The van der Waals surface area contributed by atoms with Gasteiger partial charge in [0.05, 0.1) is 4.92 Å². The topological polar surface area (TPSA) is 75.4 Å². The normalized spacial score (nSPS) is 12.7. The first kappa shape index (κ1) is 11.1. The molecule has 0 saturated heterocycles. The number of hydrogen-bond donors (Lipinski definition) is 2. The summed E-state index contributed by atoms with van der Waals surface area (Å²) in [6.07, 6.45) is 0.422. The van der Waals surface area contributed by atoms with Gasteiger partial charge in [0.1, 0.15) is 12.0 Å². The van der Waals surface area contributed by atoms with Crippen molar-refractivity contribution in [1.29, 1.82) is 0 Å². The summed E-state index contributed by atoms with van der Waals surface area (Å²) in [5.74, 6) is -0.393.